The summed E-state index contributed by atoms with van der Waals surface area (Å²) >= 11 is 3.42. The molecule has 2 N–H and O–H groups in total. The third-order valence-electron chi connectivity index (χ3n) is 2.82. The second-order valence-corrected chi connectivity index (χ2v) is 5.11. The van der Waals surface area contributed by atoms with E-state index < -0.39 is 0 Å². The molecule has 0 aliphatic heterocycles. The molecule has 1 aromatic heterocycles. The SMILES string of the molecule is CC[C@H](C)NC(=O)c1cc2cc(Br)ccc2[nH]1. The Hall–Kier alpha value is -1.29. The lowest BCUT2D eigenvalue weighted by molar-refractivity contribution is 0.0935. The standard InChI is InChI=1S/C13H15BrN2O/c1-3-8(2)15-13(17)12-7-9-6-10(14)4-5-11(9)16-12/h4-8,16H,3H2,1-2H3,(H,15,17)/t8-/m0/s1. The van der Waals surface area contributed by atoms with Crippen molar-refractivity contribution < 1.29 is 4.79 Å². The van der Waals surface area contributed by atoms with Crippen LogP contribution in [0.4, 0.5) is 0 Å². The van der Waals surface area contributed by atoms with Gasteiger partial charge in [0.1, 0.15) is 5.69 Å². The first-order valence-corrected chi connectivity index (χ1v) is 6.48. The molecular formula is C13H15BrN2O. The Labute approximate surface area is 109 Å². The minimum Gasteiger partial charge on any atom is -0.351 e. The lowest BCUT2D eigenvalue weighted by Crippen LogP contribution is -2.32. The molecule has 3 nitrogen and oxygen atoms in total. The average molecular weight is 295 g/mol. The van der Waals surface area contributed by atoms with Crippen molar-refractivity contribution in [3.63, 3.8) is 0 Å². The number of benzene rings is 1. The molecule has 1 aromatic carbocycles. The van der Waals surface area contributed by atoms with Crippen LogP contribution in [0.3, 0.4) is 0 Å². The van der Waals surface area contributed by atoms with Crippen molar-refractivity contribution >= 4 is 32.7 Å². The van der Waals surface area contributed by atoms with Gasteiger partial charge in [0.05, 0.1) is 0 Å². The Morgan fingerprint density at radius 2 is 2.24 bits per heavy atom. The van der Waals surface area contributed by atoms with Gasteiger partial charge < -0.3 is 10.3 Å². The molecule has 2 aromatic rings. The van der Waals surface area contributed by atoms with E-state index >= 15 is 0 Å². The highest BCUT2D eigenvalue weighted by Gasteiger charge is 2.11. The summed E-state index contributed by atoms with van der Waals surface area (Å²) in [4.78, 5) is 15.0. The summed E-state index contributed by atoms with van der Waals surface area (Å²) in [5.74, 6) is -0.0494. The molecule has 0 unspecified atom stereocenters. The Balaban J connectivity index is 2.27. The molecule has 0 fully saturated rings. The molecule has 0 spiro atoms. The summed E-state index contributed by atoms with van der Waals surface area (Å²) in [5.41, 5.74) is 1.58. The minimum absolute atomic E-state index is 0.0494. The number of rotatable bonds is 3. The number of amides is 1. The summed E-state index contributed by atoms with van der Waals surface area (Å²) in [6.45, 7) is 4.05. The lowest BCUT2D eigenvalue weighted by atomic mass is 10.2. The van der Waals surface area contributed by atoms with Crippen LogP contribution in [0.15, 0.2) is 28.7 Å². The number of hydrogen-bond donors (Lipinski definition) is 2. The van der Waals surface area contributed by atoms with Crippen LogP contribution in [0.1, 0.15) is 30.8 Å². The van der Waals surface area contributed by atoms with E-state index in [1.807, 2.05) is 38.1 Å². The highest BCUT2D eigenvalue weighted by atomic mass is 79.9. The molecular weight excluding hydrogens is 280 g/mol. The van der Waals surface area contributed by atoms with Gasteiger partial charge in [-0.25, -0.2) is 0 Å². The van der Waals surface area contributed by atoms with Gasteiger partial charge in [0.2, 0.25) is 0 Å². The summed E-state index contributed by atoms with van der Waals surface area (Å²) in [5, 5.41) is 3.98. The van der Waals surface area contributed by atoms with Crippen LogP contribution < -0.4 is 5.32 Å². The van der Waals surface area contributed by atoms with Gasteiger partial charge in [0.15, 0.2) is 0 Å². The van der Waals surface area contributed by atoms with Gasteiger partial charge in [0.25, 0.3) is 5.91 Å². The maximum Gasteiger partial charge on any atom is 0.267 e. The number of aromatic amines is 1. The molecule has 0 bridgehead atoms. The van der Waals surface area contributed by atoms with E-state index in [0.29, 0.717) is 5.69 Å². The van der Waals surface area contributed by atoms with Gasteiger partial charge in [-0.15, -0.1) is 0 Å². The summed E-state index contributed by atoms with van der Waals surface area (Å²) in [6.07, 6.45) is 0.928. The van der Waals surface area contributed by atoms with Crippen molar-refractivity contribution in [3.8, 4) is 0 Å². The zero-order valence-electron chi connectivity index (χ0n) is 9.88. The zero-order chi connectivity index (χ0) is 12.4. The molecule has 0 radical (unpaired) electrons. The van der Waals surface area contributed by atoms with Crippen LogP contribution in [0.25, 0.3) is 10.9 Å². The smallest absolute Gasteiger partial charge is 0.267 e. The predicted molar refractivity (Wildman–Crippen MR) is 73.2 cm³/mol. The Bertz CT molecular complexity index is 547. The Morgan fingerprint density at radius 1 is 1.47 bits per heavy atom. The van der Waals surface area contributed by atoms with E-state index in [0.717, 1.165) is 21.8 Å². The first-order valence-electron chi connectivity index (χ1n) is 5.69. The van der Waals surface area contributed by atoms with E-state index in [2.05, 4.69) is 26.2 Å². The monoisotopic (exact) mass is 294 g/mol. The second kappa shape index (κ2) is 4.92. The summed E-state index contributed by atoms with van der Waals surface area (Å²) in [6, 6.07) is 7.97. The fourth-order valence-corrected chi connectivity index (χ4v) is 2.01. The zero-order valence-corrected chi connectivity index (χ0v) is 11.5. The molecule has 90 valence electrons. The fraction of sp³-hybridized carbons (Fsp3) is 0.308. The number of H-pyrrole nitrogens is 1. The molecule has 4 heteroatoms. The summed E-state index contributed by atoms with van der Waals surface area (Å²) in [7, 11) is 0. The molecule has 0 saturated heterocycles. The lowest BCUT2D eigenvalue weighted by Gasteiger charge is -2.09. The van der Waals surface area contributed by atoms with Crippen LogP contribution >= 0.6 is 15.9 Å². The highest BCUT2D eigenvalue weighted by Crippen LogP contribution is 2.20. The van der Waals surface area contributed by atoms with Crippen LogP contribution in [0, 0.1) is 0 Å². The second-order valence-electron chi connectivity index (χ2n) is 4.20. The van der Waals surface area contributed by atoms with Crippen molar-refractivity contribution in [3.05, 3.63) is 34.4 Å². The van der Waals surface area contributed by atoms with Crippen LogP contribution in [-0.2, 0) is 0 Å². The van der Waals surface area contributed by atoms with E-state index in [-0.39, 0.29) is 11.9 Å². The average Bonchev–Trinajstić information content (AvgIpc) is 2.71. The van der Waals surface area contributed by atoms with E-state index in [1.54, 1.807) is 0 Å². The first kappa shape index (κ1) is 12.2. The largest absolute Gasteiger partial charge is 0.351 e. The van der Waals surface area contributed by atoms with Gasteiger partial charge in [-0.2, -0.15) is 0 Å². The third kappa shape index (κ3) is 2.69. The van der Waals surface area contributed by atoms with Gasteiger partial charge in [-0.05, 0) is 37.6 Å². The summed E-state index contributed by atoms with van der Waals surface area (Å²) < 4.78 is 1.01. The number of nitrogens with one attached hydrogen (secondary N) is 2. The number of carbonyl (C=O) groups is 1. The number of aromatic nitrogens is 1. The maximum atomic E-state index is 11.9. The van der Waals surface area contributed by atoms with Crippen molar-refractivity contribution in [2.24, 2.45) is 0 Å². The predicted octanol–water partition coefficient (Wildman–Crippen LogP) is 3.46. The van der Waals surface area contributed by atoms with Gasteiger partial charge >= 0.3 is 0 Å². The number of halogens is 1. The van der Waals surface area contributed by atoms with Crippen molar-refractivity contribution in [2.45, 2.75) is 26.3 Å². The van der Waals surface area contributed by atoms with E-state index in [1.165, 1.54) is 0 Å². The van der Waals surface area contributed by atoms with E-state index in [4.69, 9.17) is 0 Å². The van der Waals surface area contributed by atoms with Crippen molar-refractivity contribution in [1.82, 2.24) is 10.3 Å². The topological polar surface area (TPSA) is 44.9 Å². The molecule has 1 amide bonds. The Morgan fingerprint density at radius 3 is 2.94 bits per heavy atom. The van der Waals surface area contributed by atoms with Gasteiger partial charge in [-0.3, -0.25) is 4.79 Å². The first-order chi connectivity index (χ1) is 8.10. The normalized spacial score (nSPS) is 12.6. The number of carbonyl (C=O) groups excluding carboxylic acids is 1. The minimum atomic E-state index is -0.0494. The highest BCUT2D eigenvalue weighted by molar-refractivity contribution is 9.10. The van der Waals surface area contributed by atoms with E-state index in [9.17, 15) is 4.79 Å². The van der Waals surface area contributed by atoms with Crippen LogP contribution in [0.5, 0.6) is 0 Å². The molecule has 0 aliphatic rings. The number of hydrogen-bond acceptors (Lipinski definition) is 1. The molecule has 0 saturated carbocycles. The quantitative estimate of drug-likeness (QED) is 0.895. The molecule has 2 rings (SSSR count). The van der Waals surface area contributed by atoms with Crippen LogP contribution in [-0.4, -0.2) is 16.9 Å². The molecule has 1 atom stereocenters. The van der Waals surface area contributed by atoms with Crippen LogP contribution in [0.2, 0.25) is 0 Å². The molecule has 17 heavy (non-hydrogen) atoms. The maximum absolute atomic E-state index is 11.9. The third-order valence-corrected chi connectivity index (χ3v) is 3.31. The van der Waals surface area contributed by atoms with Gasteiger partial charge in [-0.1, -0.05) is 22.9 Å². The molecule has 1 heterocycles. The fourth-order valence-electron chi connectivity index (χ4n) is 1.63. The number of fused-ring (bicyclic) bond motifs is 1. The van der Waals surface area contributed by atoms with Crippen molar-refractivity contribution in [1.29, 1.82) is 0 Å². The van der Waals surface area contributed by atoms with Crippen molar-refractivity contribution in [2.75, 3.05) is 0 Å². The Kier molecular flexibility index (Phi) is 3.52. The van der Waals surface area contributed by atoms with Gasteiger partial charge in [0, 0.05) is 21.4 Å². The molecule has 0 aliphatic carbocycles.